The Labute approximate surface area is 274 Å². The zero-order valence-electron chi connectivity index (χ0n) is 26.1. The smallest absolute Gasteiger partial charge is 0.311 e. The number of aliphatic hydroxyl groups excluding tert-OH is 7. The van der Waals surface area contributed by atoms with E-state index < -0.39 is 97.4 Å². The molecule has 17 heteroatoms. The van der Waals surface area contributed by atoms with Gasteiger partial charge in [-0.15, -0.1) is 0 Å². The lowest BCUT2D eigenvalue weighted by Crippen LogP contribution is -2.63. The molecule has 2 saturated heterocycles. The highest BCUT2D eigenvalue weighted by atomic mass is 33.1. The maximum absolute atomic E-state index is 13.2. The summed E-state index contributed by atoms with van der Waals surface area (Å²) < 4.78 is 27.2. The molecule has 11 atom stereocenters. The van der Waals surface area contributed by atoms with E-state index in [9.17, 15) is 45.3 Å². The first-order valence-electron chi connectivity index (χ1n) is 14.9. The zero-order chi connectivity index (χ0) is 34.2. The van der Waals surface area contributed by atoms with Crippen LogP contribution in [0.1, 0.15) is 40.5 Å². The van der Waals surface area contributed by atoms with Gasteiger partial charge in [0.15, 0.2) is 12.6 Å². The maximum Gasteiger partial charge on any atom is 0.311 e. The molecule has 0 aromatic carbocycles. The molecular formula is C29H45NO14S2. The lowest BCUT2D eigenvalue weighted by Gasteiger charge is -2.44. The Morgan fingerprint density at radius 2 is 1.48 bits per heavy atom. The molecule has 0 spiro atoms. The van der Waals surface area contributed by atoms with Gasteiger partial charge in [-0.2, -0.15) is 0 Å². The first-order chi connectivity index (χ1) is 21.6. The molecule has 1 unspecified atom stereocenters. The van der Waals surface area contributed by atoms with E-state index in [-0.39, 0.29) is 13.0 Å². The van der Waals surface area contributed by atoms with Crippen LogP contribution in [0.15, 0.2) is 29.4 Å². The van der Waals surface area contributed by atoms with Gasteiger partial charge >= 0.3 is 11.9 Å². The predicted octanol–water partition coefficient (Wildman–Crippen LogP) is -0.635. The molecule has 0 saturated carbocycles. The molecule has 7 N–H and O–H groups in total. The number of rotatable bonds is 15. The van der Waals surface area contributed by atoms with Gasteiger partial charge in [0, 0.05) is 11.9 Å². The minimum Gasteiger partial charge on any atom is -0.464 e. The van der Waals surface area contributed by atoms with E-state index in [1.807, 2.05) is 25.1 Å². The number of carbonyl (C=O) groups excluding carboxylic acids is 2. The quantitative estimate of drug-likeness (QED) is 0.0687. The molecule has 2 aliphatic heterocycles. The van der Waals surface area contributed by atoms with Gasteiger partial charge in [0.1, 0.15) is 67.1 Å². The van der Waals surface area contributed by atoms with Crippen LogP contribution in [0.4, 0.5) is 0 Å². The SMILES string of the molecule is CCC(C)(CC(C)(C)C(=O)OC[C@H]1O[C@H](O[C@H]2O[C@H](CO)[C@@H](O)[C@H](O)[C@H]2O)[C@H](O)[C@@H](O)[C@@H]1O)C(=O)OCCSSc1ccccn1. The normalized spacial score (nSPS) is 33.2. The van der Waals surface area contributed by atoms with Crippen molar-refractivity contribution in [3.05, 3.63) is 24.4 Å². The van der Waals surface area contributed by atoms with Gasteiger partial charge in [-0.05, 0) is 56.5 Å². The third-order valence-electron chi connectivity index (χ3n) is 8.00. The monoisotopic (exact) mass is 695 g/mol. The topological polar surface area (TPSA) is 235 Å². The molecular weight excluding hydrogens is 650 g/mol. The summed E-state index contributed by atoms with van der Waals surface area (Å²) in [6.45, 7) is 5.56. The fourth-order valence-corrected chi connectivity index (χ4v) is 6.77. The molecule has 46 heavy (non-hydrogen) atoms. The molecule has 0 amide bonds. The third kappa shape index (κ3) is 9.73. The Balaban J connectivity index is 1.54. The summed E-state index contributed by atoms with van der Waals surface area (Å²) in [5.74, 6) is -0.662. The van der Waals surface area contributed by atoms with Crippen molar-refractivity contribution >= 4 is 33.5 Å². The number of esters is 2. The van der Waals surface area contributed by atoms with E-state index in [2.05, 4.69) is 4.98 Å². The van der Waals surface area contributed by atoms with Gasteiger partial charge in [-0.1, -0.05) is 23.8 Å². The molecule has 2 fully saturated rings. The number of aromatic nitrogens is 1. The minimum absolute atomic E-state index is 0.0717. The fourth-order valence-electron chi connectivity index (χ4n) is 5.06. The number of hydrogen-bond acceptors (Lipinski definition) is 17. The van der Waals surface area contributed by atoms with Gasteiger partial charge in [-0.3, -0.25) is 9.59 Å². The van der Waals surface area contributed by atoms with Crippen LogP contribution in [0.25, 0.3) is 0 Å². The minimum atomic E-state index is -1.85. The summed E-state index contributed by atoms with van der Waals surface area (Å²) in [5, 5.41) is 71.8. The second-order valence-electron chi connectivity index (χ2n) is 12.1. The van der Waals surface area contributed by atoms with E-state index in [0.717, 1.165) is 5.03 Å². The van der Waals surface area contributed by atoms with E-state index in [0.29, 0.717) is 12.2 Å². The highest BCUT2D eigenvalue weighted by Crippen LogP contribution is 2.39. The van der Waals surface area contributed by atoms with E-state index in [1.54, 1.807) is 27.0 Å². The molecule has 262 valence electrons. The Morgan fingerprint density at radius 1 is 0.870 bits per heavy atom. The fraction of sp³-hybridized carbons (Fsp3) is 0.759. The maximum atomic E-state index is 13.2. The second kappa shape index (κ2) is 17.2. The van der Waals surface area contributed by atoms with E-state index in [4.69, 9.17) is 23.7 Å². The first kappa shape index (κ1) is 38.8. The molecule has 3 heterocycles. The van der Waals surface area contributed by atoms with Crippen LogP contribution in [0.5, 0.6) is 0 Å². The number of aliphatic hydroxyl groups is 7. The van der Waals surface area contributed by atoms with Crippen molar-refractivity contribution in [2.75, 3.05) is 25.6 Å². The second-order valence-corrected chi connectivity index (χ2v) is 14.6. The highest BCUT2D eigenvalue weighted by Gasteiger charge is 2.50. The molecule has 1 aromatic rings. The lowest BCUT2D eigenvalue weighted by molar-refractivity contribution is -0.376. The highest BCUT2D eigenvalue weighted by molar-refractivity contribution is 8.76. The van der Waals surface area contributed by atoms with Crippen LogP contribution in [0, 0.1) is 10.8 Å². The van der Waals surface area contributed by atoms with Crippen molar-refractivity contribution in [2.45, 2.75) is 107 Å². The van der Waals surface area contributed by atoms with Crippen molar-refractivity contribution in [3.8, 4) is 0 Å². The van der Waals surface area contributed by atoms with Crippen LogP contribution < -0.4 is 0 Å². The van der Waals surface area contributed by atoms with Crippen molar-refractivity contribution in [1.82, 2.24) is 4.98 Å². The van der Waals surface area contributed by atoms with Crippen molar-refractivity contribution in [3.63, 3.8) is 0 Å². The molecule has 3 rings (SSSR count). The molecule has 0 radical (unpaired) electrons. The van der Waals surface area contributed by atoms with Gasteiger partial charge in [-0.25, -0.2) is 4.98 Å². The lowest BCUT2D eigenvalue weighted by atomic mass is 9.72. The Morgan fingerprint density at radius 3 is 2.04 bits per heavy atom. The number of nitrogens with zero attached hydrogens (tertiary/aromatic N) is 1. The van der Waals surface area contributed by atoms with Crippen molar-refractivity contribution in [2.24, 2.45) is 10.8 Å². The van der Waals surface area contributed by atoms with Crippen LogP contribution in [0.3, 0.4) is 0 Å². The predicted molar refractivity (Wildman–Crippen MR) is 163 cm³/mol. The first-order valence-corrected chi connectivity index (χ1v) is 17.2. The van der Waals surface area contributed by atoms with Crippen LogP contribution in [0.2, 0.25) is 0 Å². The molecule has 2 aliphatic rings. The number of hydrogen-bond donors (Lipinski definition) is 7. The van der Waals surface area contributed by atoms with Gasteiger partial charge in [0.2, 0.25) is 0 Å². The number of carbonyl (C=O) groups is 2. The van der Waals surface area contributed by atoms with E-state index >= 15 is 0 Å². The van der Waals surface area contributed by atoms with Crippen molar-refractivity contribution < 1.29 is 69.0 Å². The summed E-state index contributed by atoms with van der Waals surface area (Å²) >= 11 is 0. The molecule has 1 aromatic heterocycles. The zero-order valence-corrected chi connectivity index (χ0v) is 27.7. The summed E-state index contributed by atoms with van der Waals surface area (Å²) in [6.07, 6.45) is -14.7. The van der Waals surface area contributed by atoms with Gasteiger partial charge in [0.05, 0.1) is 17.4 Å². The third-order valence-corrected chi connectivity index (χ3v) is 10.2. The van der Waals surface area contributed by atoms with E-state index in [1.165, 1.54) is 21.6 Å². The summed E-state index contributed by atoms with van der Waals surface area (Å²) in [6, 6.07) is 5.58. The van der Waals surface area contributed by atoms with Crippen LogP contribution in [-0.2, 0) is 33.3 Å². The molecule has 0 bridgehead atoms. The average molecular weight is 696 g/mol. The Hall–Kier alpha value is -1.61. The Kier molecular flexibility index (Phi) is 14.5. The van der Waals surface area contributed by atoms with Crippen molar-refractivity contribution in [1.29, 1.82) is 0 Å². The summed E-state index contributed by atoms with van der Waals surface area (Å²) in [4.78, 5) is 30.5. The van der Waals surface area contributed by atoms with Crippen LogP contribution >= 0.6 is 21.6 Å². The summed E-state index contributed by atoms with van der Waals surface area (Å²) in [7, 11) is 2.96. The number of pyridine rings is 1. The van der Waals surface area contributed by atoms with Gasteiger partial charge < -0.3 is 59.4 Å². The molecule has 15 nitrogen and oxygen atoms in total. The number of ether oxygens (including phenoxy) is 5. The molecule has 0 aliphatic carbocycles. The standard InChI is InChI=1S/C29H45NO14S2/c1-5-29(4,27(39)40-10-11-45-46-17-8-6-7-9-30-17)14-28(2,3)26(38)41-13-16-19(33)21(35)23(37)25(43-16)44-24-22(36)20(34)18(32)15(12-31)42-24/h6-9,15-16,18-25,31-37H,5,10-14H2,1-4H3/t15-,16-,18-,19-,20+,21+,22-,23-,24-,25-,29?/m1/s1. The Bertz CT molecular complexity index is 1120. The van der Waals surface area contributed by atoms with Gasteiger partial charge in [0.25, 0.3) is 0 Å². The van der Waals surface area contributed by atoms with Crippen LogP contribution in [-0.4, -0.2) is 140 Å². The average Bonchev–Trinajstić information content (AvgIpc) is 3.04. The largest absolute Gasteiger partial charge is 0.464 e. The summed E-state index contributed by atoms with van der Waals surface area (Å²) in [5.41, 5.74) is -2.22.